The zero-order valence-electron chi connectivity index (χ0n) is 9.03. The van der Waals surface area contributed by atoms with Crippen molar-refractivity contribution < 1.29 is 10.2 Å². The molecule has 0 aromatic heterocycles. The fourth-order valence-electron chi connectivity index (χ4n) is 0.701. The van der Waals surface area contributed by atoms with Crippen LogP contribution in [0.25, 0.3) is 0 Å². The number of aliphatic hydroxyl groups is 2. The summed E-state index contributed by atoms with van der Waals surface area (Å²) in [5.74, 6) is -0.406. The summed E-state index contributed by atoms with van der Waals surface area (Å²) in [6.45, 7) is 14.0. The Kier molecular flexibility index (Phi) is 4.69. The summed E-state index contributed by atoms with van der Waals surface area (Å²) in [6.07, 6.45) is 2.57. The van der Waals surface area contributed by atoms with Crippen LogP contribution in [-0.2, 0) is 0 Å². The highest BCUT2D eigenvalue weighted by Crippen LogP contribution is 2.14. The maximum absolute atomic E-state index is 9.30. The van der Waals surface area contributed by atoms with Crippen LogP contribution in [0.5, 0.6) is 0 Å². The van der Waals surface area contributed by atoms with Crippen molar-refractivity contribution in [2.45, 2.75) is 0 Å². The van der Waals surface area contributed by atoms with Crippen LogP contribution < -0.4 is 11.5 Å². The second-order valence-corrected chi connectivity index (χ2v) is 3.16. The van der Waals surface area contributed by atoms with Crippen LogP contribution in [0.2, 0.25) is 0 Å². The van der Waals surface area contributed by atoms with Gasteiger partial charge in [0.2, 0.25) is 0 Å². The molecule has 4 nitrogen and oxygen atoms in total. The van der Waals surface area contributed by atoms with Gasteiger partial charge >= 0.3 is 0 Å². The van der Waals surface area contributed by atoms with Crippen molar-refractivity contribution >= 4 is 0 Å². The van der Waals surface area contributed by atoms with E-state index in [4.69, 9.17) is 11.5 Å². The predicted octanol–water partition coefficient (Wildman–Crippen LogP) is 1.93. The summed E-state index contributed by atoms with van der Waals surface area (Å²) in [5, 5.41) is 18.6. The van der Waals surface area contributed by atoms with E-state index in [9.17, 15) is 10.2 Å². The zero-order chi connectivity index (χ0) is 12.9. The van der Waals surface area contributed by atoms with Crippen LogP contribution in [0.1, 0.15) is 0 Å². The lowest BCUT2D eigenvalue weighted by atomic mass is 10.1. The summed E-state index contributed by atoms with van der Waals surface area (Å²) < 4.78 is 0. The summed E-state index contributed by atoms with van der Waals surface area (Å²) in [5.41, 5.74) is 11.3. The first kappa shape index (κ1) is 13.6. The molecular weight excluding hydrogens is 204 g/mol. The van der Waals surface area contributed by atoms with E-state index in [0.717, 1.165) is 0 Å². The van der Waals surface area contributed by atoms with Crippen LogP contribution in [-0.4, -0.2) is 10.2 Å². The third kappa shape index (κ3) is 4.23. The van der Waals surface area contributed by atoms with E-state index >= 15 is 0 Å². The quantitative estimate of drug-likeness (QED) is 0.420. The average Bonchev–Trinajstić information content (AvgIpc) is 2.16. The Hall–Kier alpha value is -2.36. The monoisotopic (exact) mass is 220 g/mol. The summed E-state index contributed by atoms with van der Waals surface area (Å²) in [6, 6.07) is 0. The van der Waals surface area contributed by atoms with Gasteiger partial charge in [0.15, 0.2) is 0 Å². The molecule has 0 heterocycles. The Morgan fingerprint density at radius 1 is 0.750 bits per heavy atom. The van der Waals surface area contributed by atoms with Gasteiger partial charge in [-0.25, -0.2) is 0 Å². The number of nitrogens with two attached hydrogens (primary N) is 2. The molecule has 0 saturated carbocycles. The maximum Gasteiger partial charge on any atom is 0.138 e. The average molecular weight is 220 g/mol. The molecule has 0 aromatic rings. The highest BCUT2D eigenvalue weighted by molar-refractivity contribution is 5.47. The van der Waals surface area contributed by atoms with Crippen molar-refractivity contribution in [3.63, 3.8) is 0 Å². The Balaban J connectivity index is 4.85. The zero-order valence-corrected chi connectivity index (χ0v) is 9.03. The van der Waals surface area contributed by atoms with E-state index in [1.807, 2.05) is 0 Å². The van der Waals surface area contributed by atoms with E-state index in [0.29, 0.717) is 11.1 Å². The second kappa shape index (κ2) is 5.50. The van der Waals surface area contributed by atoms with E-state index < -0.39 is 0 Å². The first-order chi connectivity index (χ1) is 7.25. The van der Waals surface area contributed by atoms with Crippen molar-refractivity contribution in [3.05, 3.63) is 72.5 Å². The first-order valence-electron chi connectivity index (χ1n) is 4.34. The standard InChI is InChI=1S/C12H16N2O2/c1-7(5-11(15)9(3)13)8(2)6-12(16)10(4)14/h5-6,15-16H,1-4,13-14H2/b11-5+,12-6+. The molecule has 0 spiro atoms. The molecule has 0 aliphatic heterocycles. The van der Waals surface area contributed by atoms with Crippen molar-refractivity contribution in [2.75, 3.05) is 0 Å². The van der Waals surface area contributed by atoms with Gasteiger partial charge < -0.3 is 21.7 Å². The molecule has 0 fully saturated rings. The van der Waals surface area contributed by atoms with Crippen LogP contribution in [0.4, 0.5) is 0 Å². The van der Waals surface area contributed by atoms with Crippen molar-refractivity contribution in [3.8, 4) is 0 Å². The van der Waals surface area contributed by atoms with Gasteiger partial charge in [0.25, 0.3) is 0 Å². The molecule has 4 heteroatoms. The number of rotatable bonds is 5. The molecule has 86 valence electrons. The summed E-state index contributed by atoms with van der Waals surface area (Å²) in [7, 11) is 0. The molecular formula is C12H16N2O2. The largest absolute Gasteiger partial charge is 0.506 e. The fourth-order valence-corrected chi connectivity index (χ4v) is 0.701. The molecule has 0 atom stereocenters. The number of aliphatic hydroxyl groups excluding tert-OH is 2. The molecule has 0 aliphatic rings. The van der Waals surface area contributed by atoms with Crippen LogP contribution >= 0.6 is 0 Å². The SMILES string of the molecule is C=C(/C=C(/O)C(=C)N)C(=C)/C=C(/O)C(=C)N. The van der Waals surface area contributed by atoms with Gasteiger partial charge in [-0.15, -0.1) is 0 Å². The molecule has 0 saturated heterocycles. The van der Waals surface area contributed by atoms with Gasteiger partial charge in [0, 0.05) is 0 Å². The van der Waals surface area contributed by atoms with E-state index in [1.165, 1.54) is 12.2 Å². The summed E-state index contributed by atoms with van der Waals surface area (Å²) in [4.78, 5) is 0. The molecule has 0 unspecified atom stereocenters. The van der Waals surface area contributed by atoms with Gasteiger partial charge in [0.1, 0.15) is 11.5 Å². The highest BCUT2D eigenvalue weighted by atomic mass is 16.3. The molecule has 6 N–H and O–H groups in total. The molecule has 0 amide bonds. The van der Waals surface area contributed by atoms with Gasteiger partial charge in [-0.2, -0.15) is 0 Å². The minimum atomic E-state index is -0.203. The highest BCUT2D eigenvalue weighted by Gasteiger charge is 2.01. The third-order valence-electron chi connectivity index (χ3n) is 1.69. The Bertz CT molecular complexity index is 375. The molecule has 16 heavy (non-hydrogen) atoms. The molecule has 0 radical (unpaired) electrons. The van der Waals surface area contributed by atoms with E-state index in [1.54, 1.807) is 0 Å². The number of hydrogen-bond acceptors (Lipinski definition) is 4. The van der Waals surface area contributed by atoms with Gasteiger partial charge in [-0.1, -0.05) is 26.3 Å². The van der Waals surface area contributed by atoms with Crippen molar-refractivity contribution in [1.29, 1.82) is 0 Å². The lowest BCUT2D eigenvalue weighted by molar-refractivity contribution is 0.420. The minimum Gasteiger partial charge on any atom is -0.506 e. The molecule has 0 aliphatic carbocycles. The van der Waals surface area contributed by atoms with Gasteiger partial charge in [-0.3, -0.25) is 0 Å². The lowest BCUT2D eigenvalue weighted by Gasteiger charge is -2.03. The molecule has 0 bridgehead atoms. The lowest BCUT2D eigenvalue weighted by Crippen LogP contribution is -2.00. The van der Waals surface area contributed by atoms with Crippen LogP contribution in [0.15, 0.2) is 72.5 Å². The van der Waals surface area contributed by atoms with Crippen molar-refractivity contribution in [1.82, 2.24) is 0 Å². The normalized spacial score (nSPS) is 12.0. The van der Waals surface area contributed by atoms with Crippen molar-refractivity contribution in [2.24, 2.45) is 11.5 Å². The number of allylic oxidation sites excluding steroid dienone is 4. The van der Waals surface area contributed by atoms with Crippen LogP contribution in [0.3, 0.4) is 0 Å². The molecule has 0 aromatic carbocycles. The minimum absolute atomic E-state index is 0.0189. The second-order valence-electron chi connectivity index (χ2n) is 3.16. The summed E-state index contributed by atoms with van der Waals surface area (Å²) >= 11 is 0. The van der Waals surface area contributed by atoms with E-state index in [-0.39, 0.29) is 22.9 Å². The van der Waals surface area contributed by atoms with Gasteiger partial charge in [0.05, 0.1) is 11.4 Å². The predicted molar refractivity (Wildman–Crippen MR) is 66.4 cm³/mol. The fraction of sp³-hybridized carbons (Fsp3) is 0. The Morgan fingerprint density at radius 3 is 1.19 bits per heavy atom. The molecule has 0 rings (SSSR count). The van der Waals surface area contributed by atoms with Crippen LogP contribution in [0, 0.1) is 0 Å². The number of hydrogen-bond donors (Lipinski definition) is 4. The van der Waals surface area contributed by atoms with Gasteiger partial charge in [-0.05, 0) is 23.3 Å². The first-order valence-corrected chi connectivity index (χ1v) is 4.34. The van der Waals surface area contributed by atoms with E-state index in [2.05, 4.69) is 26.3 Å². The topological polar surface area (TPSA) is 92.5 Å². The smallest absolute Gasteiger partial charge is 0.138 e. The maximum atomic E-state index is 9.30. The Labute approximate surface area is 94.9 Å². The third-order valence-corrected chi connectivity index (χ3v) is 1.69. The Morgan fingerprint density at radius 2 is 1.00 bits per heavy atom.